The second kappa shape index (κ2) is 4.26. The maximum absolute atomic E-state index is 11.2. The topological polar surface area (TPSA) is 40.5 Å². The number of hydrogen-bond donors (Lipinski definition) is 1. The number of halogens is 1. The fourth-order valence-electron chi connectivity index (χ4n) is 1.21. The molecule has 3 nitrogen and oxygen atoms in total. The van der Waals surface area contributed by atoms with Gasteiger partial charge in [0.25, 0.3) is 0 Å². The Morgan fingerprint density at radius 1 is 1.33 bits per heavy atom. The van der Waals surface area contributed by atoms with Crippen LogP contribution in [0.1, 0.15) is 0 Å². The lowest BCUT2D eigenvalue weighted by Gasteiger charge is -2.28. The molecule has 0 radical (unpaired) electrons. The van der Waals surface area contributed by atoms with Gasteiger partial charge in [-0.05, 0) is 47.7 Å². The highest BCUT2D eigenvalue weighted by Crippen LogP contribution is 2.29. The van der Waals surface area contributed by atoms with E-state index in [4.69, 9.17) is 11.6 Å². The highest BCUT2D eigenvalue weighted by molar-refractivity contribution is 8.03. The van der Waals surface area contributed by atoms with E-state index < -0.39 is 6.23 Å². The second-order valence-corrected chi connectivity index (χ2v) is 4.30. The van der Waals surface area contributed by atoms with E-state index >= 15 is 0 Å². The molecule has 1 atom stereocenters. The maximum atomic E-state index is 11.2. The predicted octanol–water partition coefficient (Wildman–Crippen LogP) is 2.21. The van der Waals surface area contributed by atoms with Crippen molar-refractivity contribution in [3.05, 3.63) is 40.8 Å². The molecule has 0 saturated heterocycles. The lowest BCUT2D eigenvalue weighted by molar-refractivity contribution is -0.121. The number of nitrogens with zero attached hydrogens (tertiary/aromatic N) is 1. The van der Waals surface area contributed by atoms with Gasteiger partial charge in [0.1, 0.15) is 0 Å². The van der Waals surface area contributed by atoms with Gasteiger partial charge in [-0.1, -0.05) is 11.6 Å². The van der Waals surface area contributed by atoms with Crippen LogP contribution < -0.4 is 4.31 Å². The fraction of sp³-hybridized carbons (Fsp3) is 0.100. The first-order chi connectivity index (χ1) is 7.18. The highest BCUT2D eigenvalue weighted by atomic mass is 35.5. The van der Waals surface area contributed by atoms with E-state index in [1.54, 1.807) is 29.7 Å². The molecule has 78 valence electrons. The number of carbonyl (C=O) groups excluding carboxylic acids is 1. The molecule has 1 aromatic rings. The molecule has 1 aliphatic rings. The number of rotatable bonds is 1. The molecular formula is C10H8ClNO2S. The first kappa shape index (κ1) is 10.5. The van der Waals surface area contributed by atoms with Gasteiger partial charge in [-0.15, -0.1) is 0 Å². The van der Waals surface area contributed by atoms with Gasteiger partial charge < -0.3 is 5.11 Å². The number of aliphatic hydroxyl groups is 1. The van der Waals surface area contributed by atoms with Crippen LogP contribution >= 0.6 is 23.5 Å². The van der Waals surface area contributed by atoms with Crippen LogP contribution in [-0.2, 0) is 4.79 Å². The lowest BCUT2D eigenvalue weighted by Crippen LogP contribution is -2.37. The predicted molar refractivity (Wildman–Crippen MR) is 61.7 cm³/mol. The van der Waals surface area contributed by atoms with Crippen molar-refractivity contribution in [1.82, 2.24) is 0 Å². The molecule has 0 spiro atoms. The number of carbonyl (C=O) groups is 1. The van der Waals surface area contributed by atoms with Crippen LogP contribution in [0.5, 0.6) is 0 Å². The van der Waals surface area contributed by atoms with Gasteiger partial charge in [0, 0.05) is 5.02 Å². The zero-order valence-electron chi connectivity index (χ0n) is 7.63. The van der Waals surface area contributed by atoms with Crippen molar-refractivity contribution in [2.75, 3.05) is 4.31 Å². The van der Waals surface area contributed by atoms with Crippen molar-refractivity contribution >= 4 is 35.0 Å². The molecule has 0 aromatic heterocycles. The highest BCUT2D eigenvalue weighted by Gasteiger charge is 2.25. The number of aliphatic hydroxyl groups excluding tert-OH is 1. The molecule has 1 heterocycles. The van der Waals surface area contributed by atoms with Crippen molar-refractivity contribution < 1.29 is 9.90 Å². The van der Waals surface area contributed by atoms with E-state index in [0.717, 1.165) is 5.69 Å². The van der Waals surface area contributed by atoms with Gasteiger partial charge in [-0.3, -0.25) is 9.10 Å². The Morgan fingerprint density at radius 2 is 2.00 bits per heavy atom. The SMILES string of the molecule is O=C1C=CSN(c2ccc(Cl)cc2)C1O. The smallest absolute Gasteiger partial charge is 0.206 e. The zero-order valence-corrected chi connectivity index (χ0v) is 9.20. The van der Waals surface area contributed by atoms with E-state index in [1.807, 2.05) is 0 Å². The number of hydrogen-bond acceptors (Lipinski definition) is 4. The first-order valence-electron chi connectivity index (χ1n) is 4.28. The molecule has 15 heavy (non-hydrogen) atoms. The molecule has 2 rings (SSSR count). The van der Waals surface area contributed by atoms with Gasteiger partial charge in [0.2, 0.25) is 12.0 Å². The van der Waals surface area contributed by atoms with Crippen LogP contribution in [0.2, 0.25) is 5.02 Å². The molecule has 0 aliphatic carbocycles. The molecule has 1 N–H and O–H groups in total. The van der Waals surface area contributed by atoms with Crippen molar-refractivity contribution in [3.63, 3.8) is 0 Å². The quantitative estimate of drug-likeness (QED) is 0.766. The van der Waals surface area contributed by atoms with Crippen molar-refractivity contribution in [2.45, 2.75) is 6.23 Å². The molecule has 1 aliphatic heterocycles. The first-order valence-corrected chi connectivity index (χ1v) is 5.50. The second-order valence-electron chi connectivity index (χ2n) is 2.99. The van der Waals surface area contributed by atoms with E-state index in [-0.39, 0.29) is 5.78 Å². The standard InChI is InChI=1S/C10H8ClNO2S/c11-7-1-3-8(4-2-7)12-10(14)9(13)5-6-15-12/h1-6,10,14H. The van der Waals surface area contributed by atoms with Gasteiger partial charge in [0.15, 0.2) is 0 Å². The van der Waals surface area contributed by atoms with Crippen LogP contribution in [0.15, 0.2) is 35.7 Å². The summed E-state index contributed by atoms with van der Waals surface area (Å²) in [6, 6.07) is 6.94. The Kier molecular flexibility index (Phi) is 3.00. The Labute approximate surface area is 96.5 Å². The summed E-state index contributed by atoms with van der Waals surface area (Å²) < 4.78 is 1.53. The lowest BCUT2D eigenvalue weighted by atomic mass is 10.3. The van der Waals surface area contributed by atoms with Crippen LogP contribution in [0.3, 0.4) is 0 Å². The summed E-state index contributed by atoms with van der Waals surface area (Å²) in [6.45, 7) is 0. The van der Waals surface area contributed by atoms with Gasteiger partial charge in [-0.25, -0.2) is 0 Å². The number of benzene rings is 1. The van der Waals surface area contributed by atoms with Crippen LogP contribution in [-0.4, -0.2) is 17.1 Å². The summed E-state index contributed by atoms with van der Waals surface area (Å²) in [7, 11) is 0. The van der Waals surface area contributed by atoms with Crippen LogP contribution in [0.25, 0.3) is 0 Å². The van der Waals surface area contributed by atoms with Crippen LogP contribution in [0, 0.1) is 0 Å². The van der Waals surface area contributed by atoms with Gasteiger partial charge >= 0.3 is 0 Å². The summed E-state index contributed by atoms with van der Waals surface area (Å²) in [6.07, 6.45) is 0.239. The molecular weight excluding hydrogens is 234 g/mol. The molecule has 1 aromatic carbocycles. The Hall–Kier alpha value is -0.970. The molecule has 0 amide bonds. The summed E-state index contributed by atoms with van der Waals surface area (Å²) in [5, 5.41) is 11.9. The van der Waals surface area contributed by atoms with Crippen molar-refractivity contribution in [2.24, 2.45) is 0 Å². The zero-order chi connectivity index (χ0) is 10.8. The normalized spacial score (nSPS) is 20.8. The number of anilines is 1. The average Bonchev–Trinajstić information content (AvgIpc) is 2.24. The maximum Gasteiger partial charge on any atom is 0.206 e. The number of ketones is 1. The summed E-state index contributed by atoms with van der Waals surface area (Å²) in [4.78, 5) is 11.2. The third-order valence-corrected chi connectivity index (χ3v) is 3.11. The molecule has 1 unspecified atom stereocenters. The van der Waals surface area contributed by atoms with Crippen LogP contribution in [0.4, 0.5) is 5.69 Å². The third kappa shape index (κ3) is 2.17. The molecule has 0 saturated carbocycles. The molecule has 0 bridgehead atoms. The monoisotopic (exact) mass is 241 g/mol. The van der Waals surface area contributed by atoms with Gasteiger partial charge in [-0.2, -0.15) is 0 Å². The minimum Gasteiger partial charge on any atom is -0.366 e. The Bertz CT molecular complexity index is 404. The fourth-order valence-corrected chi connectivity index (χ4v) is 2.13. The summed E-state index contributed by atoms with van der Waals surface area (Å²) in [5.74, 6) is -0.316. The van der Waals surface area contributed by atoms with Crippen molar-refractivity contribution in [1.29, 1.82) is 0 Å². The van der Waals surface area contributed by atoms with Crippen molar-refractivity contribution in [3.8, 4) is 0 Å². The minimum atomic E-state index is -1.12. The Balaban J connectivity index is 2.27. The van der Waals surface area contributed by atoms with E-state index in [2.05, 4.69) is 0 Å². The summed E-state index contributed by atoms with van der Waals surface area (Å²) in [5.41, 5.74) is 0.745. The molecule has 5 heteroatoms. The van der Waals surface area contributed by atoms with Gasteiger partial charge in [0.05, 0.1) is 5.69 Å². The van der Waals surface area contributed by atoms with E-state index in [0.29, 0.717) is 5.02 Å². The van der Waals surface area contributed by atoms with E-state index in [9.17, 15) is 9.90 Å². The largest absolute Gasteiger partial charge is 0.366 e. The van der Waals surface area contributed by atoms with E-state index in [1.165, 1.54) is 22.3 Å². The molecule has 0 fully saturated rings. The third-order valence-electron chi connectivity index (χ3n) is 1.96. The average molecular weight is 242 g/mol. The minimum absolute atomic E-state index is 0.316. The Morgan fingerprint density at radius 3 is 2.67 bits per heavy atom. The summed E-state index contributed by atoms with van der Waals surface area (Å²) >= 11 is 7.02.